The number of nitrogens with one attached hydrogen (secondary N) is 2. The summed E-state index contributed by atoms with van der Waals surface area (Å²) in [5.74, 6) is -0.882. The molecule has 0 saturated carbocycles. The van der Waals surface area contributed by atoms with Crippen LogP contribution in [0.3, 0.4) is 0 Å². The van der Waals surface area contributed by atoms with E-state index in [0.717, 1.165) is 16.9 Å². The van der Waals surface area contributed by atoms with E-state index in [9.17, 15) is 18.0 Å². The number of carbonyl (C=O) groups excluding carboxylic acids is 2. The van der Waals surface area contributed by atoms with Gasteiger partial charge in [-0.15, -0.1) is 0 Å². The van der Waals surface area contributed by atoms with Crippen LogP contribution in [0.2, 0.25) is 0 Å². The molecular formula is C24H31N3O6S. The Morgan fingerprint density at radius 1 is 1.09 bits per heavy atom. The first-order chi connectivity index (χ1) is 16.2. The zero-order valence-corrected chi connectivity index (χ0v) is 20.5. The average Bonchev–Trinajstić information content (AvgIpc) is 2.84. The molecule has 2 amide bonds. The number of methoxy groups -OCH3 is 1. The second kappa shape index (κ2) is 11.5. The first-order valence-corrected chi connectivity index (χ1v) is 12.6. The molecule has 1 aliphatic heterocycles. The first-order valence-electron chi connectivity index (χ1n) is 11.1. The van der Waals surface area contributed by atoms with Crippen LogP contribution in [0.5, 0.6) is 5.75 Å². The van der Waals surface area contributed by atoms with Gasteiger partial charge in [0.1, 0.15) is 12.0 Å². The van der Waals surface area contributed by atoms with Crippen LogP contribution >= 0.6 is 0 Å². The second-order valence-corrected chi connectivity index (χ2v) is 9.99. The largest absolute Gasteiger partial charge is 0.497 e. The van der Waals surface area contributed by atoms with Gasteiger partial charge in [0.25, 0.3) is 0 Å². The zero-order valence-electron chi connectivity index (χ0n) is 19.7. The molecule has 184 valence electrons. The van der Waals surface area contributed by atoms with Gasteiger partial charge in [-0.25, -0.2) is 8.42 Å². The highest BCUT2D eigenvalue weighted by Crippen LogP contribution is 2.25. The van der Waals surface area contributed by atoms with Gasteiger partial charge in [-0.3, -0.25) is 9.59 Å². The predicted molar refractivity (Wildman–Crippen MR) is 127 cm³/mol. The molecule has 1 fully saturated rings. The van der Waals surface area contributed by atoms with Gasteiger partial charge in [-0.2, -0.15) is 4.31 Å². The third-order valence-electron chi connectivity index (χ3n) is 5.59. The molecule has 0 bridgehead atoms. The Hall–Kier alpha value is -2.95. The monoisotopic (exact) mass is 489 g/mol. The highest BCUT2D eigenvalue weighted by Gasteiger charge is 2.35. The van der Waals surface area contributed by atoms with Crippen molar-refractivity contribution in [2.75, 3.05) is 33.4 Å². The third-order valence-corrected chi connectivity index (χ3v) is 7.62. The van der Waals surface area contributed by atoms with Crippen molar-refractivity contribution in [3.63, 3.8) is 0 Å². The summed E-state index contributed by atoms with van der Waals surface area (Å²) in [4.78, 5) is 24.7. The van der Waals surface area contributed by atoms with Crippen LogP contribution in [0.1, 0.15) is 23.1 Å². The minimum Gasteiger partial charge on any atom is -0.497 e. The van der Waals surface area contributed by atoms with E-state index in [4.69, 9.17) is 9.47 Å². The van der Waals surface area contributed by atoms with E-state index in [1.54, 1.807) is 26.2 Å². The number of sulfonamides is 1. The summed E-state index contributed by atoms with van der Waals surface area (Å²) < 4.78 is 38.6. The lowest BCUT2D eigenvalue weighted by atomic mass is 10.1. The maximum Gasteiger partial charge on any atom is 0.309 e. The fourth-order valence-electron chi connectivity index (χ4n) is 3.67. The molecule has 0 spiro atoms. The summed E-state index contributed by atoms with van der Waals surface area (Å²) in [6.07, 6.45) is 0.200. The van der Waals surface area contributed by atoms with E-state index in [-0.39, 0.29) is 24.5 Å². The van der Waals surface area contributed by atoms with Gasteiger partial charge in [0.15, 0.2) is 0 Å². The van der Waals surface area contributed by atoms with Gasteiger partial charge < -0.3 is 20.1 Å². The maximum atomic E-state index is 13.3. The van der Waals surface area contributed by atoms with Crippen LogP contribution in [-0.2, 0) is 30.8 Å². The van der Waals surface area contributed by atoms with E-state index in [1.807, 2.05) is 37.3 Å². The summed E-state index contributed by atoms with van der Waals surface area (Å²) in [5.41, 5.74) is 2.46. The Bertz CT molecular complexity index is 1120. The highest BCUT2D eigenvalue weighted by molar-refractivity contribution is 7.89. The van der Waals surface area contributed by atoms with E-state index in [0.29, 0.717) is 25.0 Å². The number of nitrogens with zero attached hydrogens (tertiary/aromatic N) is 1. The smallest absolute Gasteiger partial charge is 0.309 e. The number of ether oxygens (including phenoxy) is 2. The van der Waals surface area contributed by atoms with Crippen molar-refractivity contribution in [1.82, 2.24) is 14.9 Å². The number of carbonyl (C=O) groups is 2. The van der Waals surface area contributed by atoms with Gasteiger partial charge >= 0.3 is 11.8 Å². The van der Waals surface area contributed by atoms with E-state index in [2.05, 4.69) is 10.6 Å². The Morgan fingerprint density at radius 3 is 2.50 bits per heavy atom. The summed E-state index contributed by atoms with van der Waals surface area (Å²) in [5, 5.41) is 5.07. The van der Waals surface area contributed by atoms with E-state index in [1.165, 1.54) is 4.31 Å². The Kier molecular flexibility index (Phi) is 8.65. The van der Waals surface area contributed by atoms with Gasteiger partial charge in [-0.05, 0) is 61.6 Å². The zero-order chi connectivity index (χ0) is 24.7. The lowest BCUT2D eigenvalue weighted by Gasteiger charge is -2.35. The molecule has 0 aromatic heterocycles. The molecule has 1 atom stereocenters. The summed E-state index contributed by atoms with van der Waals surface area (Å²) >= 11 is 0. The fourth-order valence-corrected chi connectivity index (χ4v) is 5.54. The van der Waals surface area contributed by atoms with Crippen molar-refractivity contribution < 1.29 is 27.5 Å². The Morgan fingerprint density at radius 2 is 1.79 bits per heavy atom. The molecule has 9 nitrogen and oxygen atoms in total. The minimum absolute atomic E-state index is 0.130. The number of aryl methyl sites for hydroxylation is 2. The third kappa shape index (κ3) is 6.34. The second-order valence-electron chi connectivity index (χ2n) is 8.13. The number of hydrogen-bond acceptors (Lipinski definition) is 6. The summed E-state index contributed by atoms with van der Waals surface area (Å²) in [6, 6.07) is 12.7. The quantitative estimate of drug-likeness (QED) is 0.544. The standard InChI is InChI=1S/C24H31N3O6S/c1-17-5-6-18(2)21(15-17)34(30,31)27-13-4-14-33-22(27)16-26-24(29)23(28)25-12-11-19-7-9-20(32-3)10-8-19/h5-10,15,22H,4,11-14,16H2,1-3H3,(H,25,28)(H,26,29)/t22-/m0/s1. The topological polar surface area (TPSA) is 114 Å². The molecule has 0 aliphatic carbocycles. The lowest BCUT2D eigenvalue weighted by Crippen LogP contribution is -2.53. The molecule has 2 aromatic carbocycles. The maximum absolute atomic E-state index is 13.3. The van der Waals surface area contributed by atoms with Crippen molar-refractivity contribution in [1.29, 1.82) is 0 Å². The molecule has 2 aromatic rings. The van der Waals surface area contributed by atoms with Crippen molar-refractivity contribution in [3.05, 3.63) is 59.2 Å². The first kappa shape index (κ1) is 25.7. The number of amides is 2. The van der Waals surface area contributed by atoms with E-state index < -0.39 is 28.1 Å². The van der Waals surface area contributed by atoms with Crippen LogP contribution in [0.15, 0.2) is 47.4 Å². The summed E-state index contributed by atoms with van der Waals surface area (Å²) in [6.45, 7) is 4.36. The van der Waals surface area contributed by atoms with Crippen LogP contribution in [0, 0.1) is 13.8 Å². The molecule has 10 heteroatoms. The molecular weight excluding hydrogens is 458 g/mol. The van der Waals surface area contributed by atoms with Crippen molar-refractivity contribution in [2.45, 2.75) is 37.8 Å². The van der Waals surface area contributed by atoms with Gasteiger partial charge in [0.05, 0.1) is 25.2 Å². The van der Waals surface area contributed by atoms with Gasteiger partial charge in [0.2, 0.25) is 10.0 Å². The van der Waals surface area contributed by atoms with Crippen molar-refractivity contribution >= 4 is 21.8 Å². The van der Waals surface area contributed by atoms with Crippen molar-refractivity contribution in [2.24, 2.45) is 0 Å². The van der Waals surface area contributed by atoms with Gasteiger partial charge in [-0.1, -0.05) is 24.3 Å². The SMILES string of the molecule is COc1ccc(CCNC(=O)C(=O)NC[C@@H]2OCCCN2S(=O)(=O)c2cc(C)ccc2C)cc1. The van der Waals surface area contributed by atoms with Crippen LogP contribution < -0.4 is 15.4 Å². The fraction of sp³-hybridized carbons (Fsp3) is 0.417. The van der Waals surface area contributed by atoms with E-state index >= 15 is 0 Å². The number of hydrogen-bond donors (Lipinski definition) is 2. The molecule has 34 heavy (non-hydrogen) atoms. The Balaban J connectivity index is 1.55. The molecule has 3 rings (SSSR count). The molecule has 1 aliphatic rings. The number of rotatable bonds is 8. The van der Waals surface area contributed by atoms with Crippen molar-refractivity contribution in [3.8, 4) is 5.75 Å². The van der Waals surface area contributed by atoms with Crippen LogP contribution in [-0.4, -0.2) is 64.1 Å². The molecule has 1 heterocycles. The molecule has 1 saturated heterocycles. The van der Waals surface area contributed by atoms with Crippen LogP contribution in [0.25, 0.3) is 0 Å². The van der Waals surface area contributed by atoms with Gasteiger partial charge in [0, 0.05) is 13.1 Å². The summed E-state index contributed by atoms with van der Waals surface area (Å²) in [7, 11) is -2.25. The minimum atomic E-state index is -3.83. The Labute approximate surface area is 200 Å². The normalized spacial score (nSPS) is 16.6. The number of benzene rings is 2. The molecule has 2 N–H and O–H groups in total. The molecule has 0 unspecified atom stereocenters. The highest BCUT2D eigenvalue weighted by atomic mass is 32.2. The average molecular weight is 490 g/mol. The molecule has 0 radical (unpaired) electrons. The van der Waals surface area contributed by atoms with Crippen LogP contribution in [0.4, 0.5) is 0 Å². The predicted octanol–water partition coefficient (Wildman–Crippen LogP) is 1.52. The lowest BCUT2D eigenvalue weighted by molar-refractivity contribution is -0.140.